The van der Waals surface area contributed by atoms with Gasteiger partial charge in [-0.05, 0) is 24.1 Å². The smallest absolute Gasteiger partial charge is 0.266 e. The molecule has 1 heterocycles. The number of hydrogen-bond acceptors (Lipinski definition) is 2. The van der Waals surface area contributed by atoms with E-state index in [0.29, 0.717) is 17.1 Å². The number of nitrogens with zero attached hydrogens (tertiary/aromatic N) is 1. The molecule has 2 aromatic rings. The highest BCUT2D eigenvalue weighted by Gasteiger charge is 2.21. The van der Waals surface area contributed by atoms with Crippen molar-refractivity contribution in [3.63, 3.8) is 0 Å². The average molecular weight is 280 g/mol. The summed E-state index contributed by atoms with van der Waals surface area (Å²) in [6.45, 7) is 0. The van der Waals surface area contributed by atoms with Crippen LogP contribution in [-0.4, -0.2) is 15.7 Å². The van der Waals surface area contributed by atoms with Crippen LogP contribution in [0.3, 0.4) is 0 Å². The van der Waals surface area contributed by atoms with Gasteiger partial charge in [0.1, 0.15) is 0 Å². The molecule has 3 N–H and O–H groups in total. The number of amides is 1. The fourth-order valence-corrected chi connectivity index (χ4v) is 2.04. The summed E-state index contributed by atoms with van der Waals surface area (Å²) in [7, 11) is 1.59. The number of H-pyrrole nitrogens is 1. The number of nitrogens with one attached hydrogen (secondary N) is 1. The summed E-state index contributed by atoms with van der Waals surface area (Å²) in [5, 5.41) is 3.47. The zero-order valence-electron chi connectivity index (χ0n) is 10.4. The molecule has 0 aliphatic carbocycles. The molecule has 1 amide bonds. The summed E-state index contributed by atoms with van der Waals surface area (Å²) in [5.74, 6) is -1.04. The molecule has 1 aromatic carbocycles. The van der Waals surface area contributed by atoms with Crippen molar-refractivity contribution in [2.75, 3.05) is 0 Å². The van der Waals surface area contributed by atoms with Gasteiger partial charge in [0.05, 0.1) is 5.92 Å². The Morgan fingerprint density at radius 3 is 2.53 bits per heavy atom. The van der Waals surface area contributed by atoms with E-state index in [2.05, 4.69) is 5.10 Å². The van der Waals surface area contributed by atoms with Crippen molar-refractivity contribution >= 4 is 17.5 Å². The molecule has 0 fully saturated rings. The number of benzene rings is 1. The van der Waals surface area contributed by atoms with E-state index in [4.69, 9.17) is 17.3 Å². The highest BCUT2D eigenvalue weighted by atomic mass is 35.5. The highest BCUT2D eigenvalue weighted by Crippen LogP contribution is 2.19. The Balaban J connectivity index is 2.28. The van der Waals surface area contributed by atoms with Crippen molar-refractivity contribution < 1.29 is 4.79 Å². The minimum Gasteiger partial charge on any atom is -0.369 e. The number of rotatable bonds is 4. The molecular formula is C13H14ClN3O2. The number of aryl methyl sites for hydroxylation is 1. The zero-order chi connectivity index (χ0) is 14.0. The molecule has 5 nitrogen and oxygen atoms in total. The molecule has 0 saturated heterocycles. The monoisotopic (exact) mass is 279 g/mol. The first-order valence-corrected chi connectivity index (χ1v) is 6.15. The Hall–Kier alpha value is -2.01. The van der Waals surface area contributed by atoms with E-state index in [9.17, 15) is 9.59 Å². The minimum atomic E-state index is -0.560. The number of aromatic nitrogens is 2. The van der Waals surface area contributed by atoms with Gasteiger partial charge in [0, 0.05) is 23.8 Å². The van der Waals surface area contributed by atoms with Crippen LogP contribution in [0.4, 0.5) is 0 Å². The lowest BCUT2D eigenvalue weighted by Gasteiger charge is -2.11. The third-order valence-corrected chi connectivity index (χ3v) is 3.23. The predicted octanol–water partition coefficient (Wildman–Crippen LogP) is 1.18. The van der Waals surface area contributed by atoms with E-state index < -0.39 is 11.8 Å². The molecule has 100 valence electrons. The second-order valence-electron chi connectivity index (χ2n) is 4.39. The number of halogens is 1. The van der Waals surface area contributed by atoms with Gasteiger partial charge in [-0.1, -0.05) is 23.7 Å². The summed E-state index contributed by atoms with van der Waals surface area (Å²) in [6.07, 6.45) is 0.423. The van der Waals surface area contributed by atoms with Gasteiger partial charge in [-0.15, -0.1) is 0 Å². The predicted molar refractivity (Wildman–Crippen MR) is 73.1 cm³/mol. The van der Waals surface area contributed by atoms with Crippen molar-refractivity contribution in [3.05, 3.63) is 57.0 Å². The first kappa shape index (κ1) is 13.4. The molecule has 6 heteroatoms. The first-order chi connectivity index (χ1) is 8.97. The fourth-order valence-electron chi connectivity index (χ4n) is 1.91. The summed E-state index contributed by atoms with van der Waals surface area (Å²) < 4.78 is 1.31. The number of carbonyl (C=O) groups is 1. The van der Waals surface area contributed by atoms with Crippen LogP contribution in [-0.2, 0) is 18.3 Å². The third kappa shape index (κ3) is 3.06. The van der Waals surface area contributed by atoms with Crippen molar-refractivity contribution in [1.82, 2.24) is 9.78 Å². The molecule has 1 atom stereocenters. The topological polar surface area (TPSA) is 80.9 Å². The second kappa shape index (κ2) is 5.32. The molecular weight excluding hydrogens is 266 g/mol. The first-order valence-electron chi connectivity index (χ1n) is 5.77. The van der Waals surface area contributed by atoms with Crippen LogP contribution in [0.25, 0.3) is 0 Å². The summed E-state index contributed by atoms with van der Waals surface area (Å²) in [6, 6.07) is 8.56. The van der Waals surface area contributed by atoms with E-state index in [-0.39, 0.29) is 5.56 Å². The van der Waals surface area contributed by atoms with E-state index >= 15 is 0 Å². The zero-order valence-corrected chi connectivity index (χ0v) is 11.1. The van der Waals surface area contributed by atoms with Gasteiger partial charge in [0.2, 0.25) is 5.91 Å². The molecule has 0 saturated carbocycles. The number of hydrogen-bond donors (Lipinski definition) is 2. The standard InChI is InChI=1S/C13H14ClN3O2/c1-17-12(18)7-11(16-17)10(13(15)19)6-8-2-4-9(14)5-3-8/h2-5,7,10,16H,6H2,1H3,(H2,15,19). The lowest BCUT2D eigenvalue weighted by atomic mass is 9.96. The van der Waals surface area contributed by atoms with Crippen LogP contribution in [0.15, 0.2) is 35.1 Å². The van der Waals surface area contributed by atoms with Gasteiger partial charge in [-0.3, -0.25) is 19.4 Å². The maximum atomic E-state index is 11.6. The Morgan fingerprint density at radius 2 is 2.05 bits per heavy atom. The molecule has 0 spiro atoms. The minimum absolute atomic E-state index is 0.197. The van der Waals surface area contributed by atoms with Crippen LogP contribution in [0, 0.1) is 0 Å². The number of carbonyl (C=O) groups excluding carboxylic acids is 1. The Labute approximate surface area is 115 Å². The van der Waals surface area contributed by atoms with Gasteiger partial charge >= 0.3 is 0 Å². The molecule has 0 aliphatic rings. The van der Waals surface area contributed by atoms with Crippen LogP contribution in [0.2, 0.25) is 5.02 Å². The lowest BCUT2D eigenvalue weighted by Crippen LogP contribution is -2.23. The maximum absolute atomic E-state index is 11.6. The summed E-state index contributed by atoms with van der Waals surface area (Å²) in [4.78, 5) is 23.0. The van der Waals surface area contributed by atoms with Crippen molar-refractivity contribution in [3.8, 4) is 0 Å². The van der Waals surface area contributed by atoms with E-state index in [1.807, 2.05) is 12.1 Å². The van der Waals surface area contributed by atoms with Gasteiger partial charge in [-0.25, -0.2) is 0 Å². The van der Waals surface area contributed by atoms with Crippen LogP contribution >= 0.6 is 11.6 Å². The Bertz CT molecular complexity index is 643. The number of primary amides is 1. The molecule has 2 rings (SSSR count). The van der Waals surface area contributed by atoms with Crippen molar-refractivity contribution in [2.45, 2.75) is 12.3 Å². The average Bonchev–Trinajstić information content (AvgIpc) is 2.68. The third-order valence-electron chi connectivity index (χ3n) is 2.98. The van der Waals surface area contributed by atoms with Gasteiger partial charge in [-0.2, -0.15) is 0 Å². The van der Waals surface area contributed by atoms with Crippen molar-refractivity contribution in [2.24, 2.45) is 12.8 Å². The molecule has 1 unspecified atom stereocenters. The van der Waals surface area contributed by atoms with Crippen LogP contribution in [0.5, 0.6) is 0 Å². The van der Waals surface area contributed by atoms with Gasteiger partial charge in [0.25, 0.3) is 5.56 Å². The summed E-state index contributed by atoms with van der Waals surface area (Å²) >= 11 is 5.81. The molecule has 0 aliphatic heterocycles. The molecule has 19 heavy (non-hydrogen) atoms. The highest BCUT2D eigenvalue weighted by molar-refractivity contribution is 6.30. The van der Waals surface area contributed by atoms with E-state index in [1.54, 1.807) is 19.2 Å². The fraction of sp³-hybridized carbons (Fsp3) is 0.231. The number of nitrogens with two attached hydrogens (primary N) is 1. The molecule has 0 bridgehead atoms. The molecule has 1 aromatic heterocycles. The summed E-state index contributed by atoms with van der Waals surface area (Å²) in [5.41, 5.74) is 6.66. The quantitative estimate of drug-likeness (QED) is 0.881. The molecule has 0 radical (unpaired) electrons. The normalized spacial score (nSPS) is 12.3. The van der Waals surface area contributed by atoms with Crippen LogP contribution < -0.4 is 11.3 Å². The Kier molecular flexibility index (Phi) is 3.76. The second-order valence-corrected chi connectivity index (χ2v) is 4.83. The van der Waals surface area contributed by atoms with Gasteiger partial charge in [0.15, 0.2) is 0 Å². The van der Waals surface area contributed by atoms with Crippen LogP contribution in [0.1, 0.15) is 17.2 Å². The van der Waals surface area contributed by atoms with Crippen molar-refractivity contribution in [1.29, 1.82) is 0 Å². The maximum Gasteiger partial charge on any atom is 0.266 e. The number of aromatic amines is 1. The van der Waals surface area contributed by atoms with Gasteiger partial charge < -0.3 is 5.73 Å². The lowest BCUT2D eigenvalue weighted by molar-refractivity contribution is -0.119. The largest absolute Gasteiger partial charge is 0.369 e. The van der Waals surface area contributed by atoms with E-state index in [1.165, 1.54) is 10.7 Å². The Morgan fingerprint density at radius 1 is 1.42 bits per heavy atom. The SMILES string of the molecule is Cn1[nH]c(C(Cc2ccc(Cl)cc2)C(N)=O)cc1=O. The van der Waals surface area contributed by atoms with E-state index in [0.717, 1.165) is 5.56 Å².